The summed E-state index contributed by atoms with van der Waals surface area (Å²) >= 11 is 0. The van der Waals surface area contributed by atoms with E-state index in [1.165, 1.54) is 6.08 Å². The Kier molecular flexibility index (Phi) is 5.73. The van der Waals surface area contributed by atoms with Crippen LogP contribution < -0.4 is 0 Å². The van der Waals surface area contributed by atoms with Gasteiger partial charge in [0.25, 0.3) is 0 Å². The molecule has 1 unspecified atom stereocenters. The van der Waals surface area contributed by atoms with Gasteiger partial charge in [0.05, 0.1) is 26.2 Å². The molecule has 1 aliphatic carbocycles. The smallest absolute Gasteiger partial charge is 0.323 e. The summed E-state index contributed by atoms with van der Waals surface area (Å²) in [5.41, 5.74) is -1.31. The van der Waals surface area contributed by atoms with Crippen molar-refractivity contribution in [1.82, 2.24) is 0 Å². The molecule has 1 aliphatic rings. The van der Waals surface area contributed by atoms with E-state index < -0.39 is 23.3 Å². The molecule has 20 heavy (non-hydrogen) atoms. The highest BCUT2D eigenvalue weighted by Gasteiger charge is 2.68. The fraction of sp³-hybridized carbons (Fsp3) is 0.643. The van der Waals surface area contributed by atoms with Gasteiger partial charge in [-0.1, -0.05) is 6.08 Å². The topological polar surface area (TPSA) is 78.9 Å². The zero-order valence-corrected chi connectivity index (χ0v) is 11.8. The maximum absolute atomic E-state index is 11.9. The molecule has 0 saturated heterocycles. The number of carbonyl (C=O) groups excluding carboxylic acids is 3. The van der Waals surface area contributed by atoms with Crippen LogP contribution in [0.4, 0.5) is 0 Å². The van der Waals surface area contributed by atoms with Crippen LogP contribution >= 0.6 is 0 Å². The average molecular weight is 284 g/mol. The van der Waals surface area contributed by atoms with Crippen molar-refractivity contribution in [3.63, 3.8) is 0 Å². The van der Waals surface area contributed by atoms with Crippen molar-refractivity contribution in [2.45, 2.75) is 26.7 Å². The summed E-state index contributed by atoms with van der Waals surface area (Å²) in [7, 11) is 0. The average Bonchev–Trinajstić information content (AvgIpc) is 3.13. The minimum absolute atomic E-state index is 0.00427. The Morgan fingerprint density at radius 1 is 1.15 bits per heavy atom. The predicted molar refractivity (Wildman–Crippen MR) is 69.6 cm³/mol. The first-order valence-corrected chi connectivity index (χ1v) is 6.63. The minimum Gasteiger partial charge on any atom is -0.465 e. The van der Waals surface area contributed by atoms with Crippen LogP contribution in [0.2, 0.25) is 0 Å². The normalized spacial score (nSPS) is 18.8. The summed E-state index contributed by atoms with van der Waals surface area (Å²) in [4.78, 5) is 35.1. The van der Waals surface area contributed by atoms with Gasteiger partial charge in [-0.25, -0.2) is 0 Å². The van der Waals surface area contributed by atoms with Crippen LogP contribution in [0.1, 0.15) is 26.7 Å². The Labute approximate surface area is 118 Å². The second-order valence-corrected chi connectivity index (χ2v) is 4.49. The maximum atomic E-state index is 11.9. The fourth-order valence-corrected chi connectivity index (χ4v) is 2.00. The molecule has 6 nitrogen and oxygen atoms in total. The third-order valence-electron chi connectivity index (χ3n) is 3.14. The van der Waals surface area contributed by atoms with Crippen molar-refractivity contribution >= 4 is 17.9 Å². The van der Waals surface area contributed by atoms with Gasteiger partial charge in [0.1, 0.15) is 0 Å². The Morgan fingerprint density at radius 3 is 2.15 bits per heavy atom. The molecule has 0 aromatic heterocycles. The lowest BCUT2D eigenvalue weighted by atomic mass is 10.0. The van der Waals surface area contributed by atoms with Crippen LogP contribution in [0.5, 0.6) is 0 Å². The summed E-state index contributed by atoms with van der Waals surface area (Å²) < 4.78 is 14.8. The van der Waals surface area contributed by atoms with Crippen molar-refractivity contribution in [2.75, 3.05) is 19.8 Å². The molecule has 0 heterocycles. The van der Waals surface area contributed by atoms with Crippen LogP contribution in [-0.4, -0.2) is 37.7 Å². The third kappa shape index (κ3) is 3.37. The first-order chi connectivity index (χ1) is 9.52. The second kappa shape index (κ2) is 7.07. The van der Waals surface area contributed by atoms with Gasteiger partial charge in [0, 0.05) is 5.92 Å². The Hall–Kier alpha value is -1.85. The van der Waals surface area contributed by atoms with Crippen molar-refractivity contribution in [2.24, 2.45) is 11.3 Å². The molecule has 0 N–H and O–H groups in total. The largest absolute Gasteiger partial charge is 0.465 e. The van der Waals surface area contributed by atoms with Gasteiger partial charge in [0.15, 0.2) is 5.41 Å². The molecule has 0 aromatic rings. The molecular weight excluding hydrogens is 264 g/mol. The van der Waals surface area contributed by atoms with E-state index in [0.717, 1.165) is 0 Å². The number of carbonyl (C=O) groups is 3. The number of hydrogen-bond acceptors (Lipinski definition) is 6. The molecule has 0 radical (unpaired) electrons. The second-order valence-electron chi connectivity index (χ2n) is 4.49. The van der Waals surface area contributed by atoms with Gasteiger partial charge in [-0.15, -0.1) is 6.58 Å². The Morgan fingerprint density at radius 2 is 1.70 bits per heavy atom. The predicted octanol–water partition coefficient (Wildman–Crippen LogP) is 1.24. The monoisotopic (exact) mass is 284 g/mol. The molecule has 6 heteroatoms. The number of rotatable bonds is 8. The van der Waals surface area contributed by atoms with Gasteiger partial charge in [-0.2, -0.15) is 0 Å². The van der Waals surface area contributed by atoms with E-state index in [-0.39, 0.29) is 38.6 Å². The molecule has 0 bridgehead atoms. The van der Waals surface area contributed by atoms with Crippen LogP contribution in [0.3, 0.4) is 0 Å². The zero-order valence-electron chi connectivity index (χ0n) is 11.8. The highest BCUT2D eigenvalue weighted by Crippen LogP contribution is 2.54. The highest BCUT2D eigenvalue weighted by atomic mass is 16.6. The summed E-state index contributed by atoms with van der Waals surface area (Å²) in [6, 6.07) is 0. The molecular formula is C14H20O6. The van der Waals surface area contributed by atoms with Gasteiger partial charge >= 0.3 is 17.9 Å². The number of ether oxygens (including phenoxy) is 3. The van der Waals surface area contributed by atoms with E-state index in [0.29, 0.717) is 0 Å². The number of esters is 3. The van der Waals surface area contributed by atoms with Gasteiger partial charge in [0.2, 0.25) is 0 Å². The molecule has 1 saturated carbocycles. The Balaban J connectivity index is 2.65. The van der Waals surface area contributed by atoms with Crippen LogP contribution in [0.15, 0.2) is 12.7 Å². The quantitative estimate of drug-likeness (QED) is 0.289. The standard InChI is InChI=1S/C14H20O6/c1-4-7-11(15)20-9-10-8-14(10,12(16)18-5-2)13(17)19-6-3/h4,10H,1,5-9H2,2-3H3. The van der Waals surface area contributed by atoms with Crippen LogP contribution in [-0.2, 0) is 28.6 Å². The fourth-order valence-electron chi connectivity index (χ4n) is 2.00. The maximum Gasteiger partial charge on any atom is 0.323 e. The van der Waals surface area contributed by atoms with E-state index in [1.807, 2.05) is 0 Å². The lowest BCUT2D eigenvalue weighted by molar-refractivity contribution is -0.166. The molecule has 0 aromatic carbocycles. The first kappa shape index (κ1) is 16.2. The van der Waals surface area contributed by atoms with Crippen LogP contribution in [0.25, 0.3) is 0 Å². The summed E-state index contributed by atoms with van der Waals surface area (Å²) in [5, 5.41) is 0. The third-order valence-corrected chi connectivity index (χ3v) is 3.14. The van der Waals surface area contributed by atoms with Gasteiger partial charge in [-0.3, -0.25) is 14.4 Å². The molecule has 112 valence electrons. The highest BCUT2D eigenvalue weighted by molar-refractivity contribution is 6.03. The summed E-state index contributed by atoms with van der Waals surface area (Å²) in [6.07, 6.45) is 1.81. The Bertz CT molecular complexity index is 382. The van der Waals surface area contributed by atoms with Crippen molar-refractivity contribution in [1.29, 1.82) is 0 Å². The molecule has 1 atom stereocenters. The first-order valence-electron chi connectivity index (χ1n) is 6.63. The SMILES string of the molecule is C=CCC(=O)OCC1CC1(C(=O)OCC)C(=O)OCC. The van der Waals surface area contributed by atoms with Gasteiger partial charge in [-0.05, 0) is 20.3 Å². The van der Waals surface area contributed by atoms with Crippen molar-refractivity contribution in [3.05, 3.63) is 12.7 Å². The zero-order chi connectivity index (χ0) is 15.2. The summed E-state index contributed by atoms with van der Waals surface area (Å²) in [6.45, 7) is 7.13. The molecule has 0 amide bonds. The molecule has 0 aliphatic heterocycles. The lowest BCUT2D eigenvalue weighted by Crippen LogP contribution is -2.33. The molecule has 1 fully saturated rings. The van der Waals surface area contributed by atoms with E-state index >= 15 is 0 Å². The van der Waals surface area contributed by atoms with E-state index in [9.17, 15) is 14.4 Å². The van der Waals surface area contributed by atoms with E-state index in [1.54, 1.807) is 13.8 Å². The minimum atomic E-state index is -1.31. The summed E-state index contributed by atoms with van der Waals surface area (Å²) in [5.74, 6) is -2.03. The van der Waals surface area contributed by atoms with E-state index in [4.69, 9.17) is 14.2 Å². The molecule has 1 rings (SSSR count). The van der Waals surface area contributed by atoms with Gasteiger partial charge < -0.3 is 14.2 Å². The lowest BCUT2D eigenvalue weighted by Gasteiger charge is -2.14. The van der Waals surface area contributed by atoms with Crippen molar-refractivity contribution < 1.29 is 28.6 Å². The van der Waals surface area contributed by atoms with Crippen molar-refractivity contribution in [3.8, 4) is 0 Å². The van der Waals surface area contributed by atoms with E-state index in [2.05, 4.69) is 6.58 Å². The van der Waals surface area contributed by atoms with Crippen LogP contribution in [0, 0.1) is 11.3 Å². The number of hydrogen-bond donors (Lipinski definition) is 0. The molecule has 0 spiro atoms.